The Morgan fingerprint density at radius 2 is 1.69 bits per heavy atom. The third-order valence-corrected chi connectivity index (χ3v) is 1.36. The highest BCUT2D eigenvalue weighted by atomic mass is 19.4. The van der Waals surface area contributed by atoms with Crippen molar-refractivity contribution in [3.05, 3.63) is 0 Å². The van der Waals surface area contributed by atoms with Gasteiger partial charge in [-0.15, -0.1) is 0 Å². The van der Waals surface area contributed by atoms with Gasteiger partial charge in [-0.1, -0.05) is 0 Å². The number of rotatable bonds is 2. The monoisotopic (exact) mass is 199 g/mol. The lowest BCUT2D eigenvalue weighted by molar-refractivity contribution is -0.253. The number of esters is 1. The van der Waals surface area contributed by atoms with Gasteiger partial charge < -0.3 is 10.5 Å². The van der Waals surface area contributed by atoms with E-state index in [1.807, 2.05) is 0 Å². The molecule has 2 N–H and O–H groups in total. The van der Waals surface area contributed by atoms with Gasteiger partial charge >= 0.3 is 12.1 Å². The second-order valence-corrected chi connectivity index (χ2v) is 2.49. The molecule has 0 fully saturated rings. The molecule has 1 atom stereocenters. The van der Waals surface area contributed by atoms with Crippen LogP contribution in [0.15, 0.2) is 0 Å². The number of nitrogens with two attached hydrogens (primary N) is 1. The number of halogens is 3. The topological polar surface area (TPSA) is 69.4 Å². The van der Waals surface area contributed by atoms with E-state index in [1.54, 1.807) is 0 Å². The molecule has 7 heteroatoms. The van der Waals surface area contributed by atoms with Gasteiger partial charge in [0.1, 0.15) is 0 Å². The zero-order chi connectivity index (χ0) is 10.9. The summed E-state index contributed by atoms with van der Waals surface area (Å²) in [5.41, 5.74) is 1.22. The summed E-state index contributed by atoms with van der Waals surface area (Å²) in [7, 11) is 0. The van der Waals surface area contributed by atoms with E-state index in [0.29, 0.717) is 6.92 Å². The molecule has 0 spiro atoms. The predicted octanol–water partition coefficient (Wildman–Crippen LogP) is 0.356. The molecule has 4 nitrogen and oxygen atoms in total. The van der Waals surface area contributed by atoms with E-state index in [0.717, 1.165) is 6.92 Å². The van der Waals surface area contributed by atoms with Crippen LogP contribution in [0.2, 0.25) is 0 Å². The standard InChI is InChI=1S/C6H8F3NO3/c1-3(11)13-5(2,4(10)12)6(7,8)9/h1-2H3,(H2,10,12). The molecule has 0 aliphatic carbocycles. The van der Waals surface area contributed by atoms with Crippen molar-refractivity contribution < 1.29 is 27.5 Å². The van der Waals surface area contributed by atoms with E-state index >= 15 is 0 Å². The van der Waals surface area contributed by atoms with Crippen molar-refractivity contribution in [2.45, 2.75) is 25.6 Å². The zero-order valence-electron chi connectivity index (χ0n) is 6.94. The van der Waals surface area contributed by atoms with Crippen LogP contribution >= 0.6 is 0 Å². The zero-order valence-corrected chi connectivity index (χ0v) is 6.94. The van der Waals surface area contributed by atoms with E-state index in [-0.39, 0.29) is 0 Å². The van der Waals surface area contributed by atoms with Crippen molar-refractivity contribution in [3.8, 4) is 0 Å². The molecular weight excluding hydrogens is 191 g/mol. The largest absolute Gasteiger partial charge is 0.440 e. The minimum Gasteiger partial charge on any atom is -0.440 e. The maximum atomic E-state index is 12.1. The molecule has 0 aromatic rings. The van der Waals surface area contributed by atoms with Gasteiger partial charge in [-0.05, 0) is 6.92 Å². The van der Waals surface area contributed by atoms with Crippen LogP contribution in [0.3, 0.4) is 0 Å². The summed E-state index contributed by atoms with van der Waals surface area (Å²) < 4.78 is 40.2. The maximum Gasteiger partial charge on any atom is 0.437 e. The first kappa shape index (κ1) is 11.7. The van der Waals surface area contributed by atoms with Gasteiger partial charge in [-0.3, -0.25) is 9.59 Å². The van der Waals surface area contributed by atoms with Crippen LogP contribution in [-0.2, 0) is 14.3 Å². The maximum absolute atomic E-state index is 12.1. The summed E-state index contributed by atoms with van der Waals surface area (Å²) in [6.07, 6.45) is -5.01. The van der Waals surface area contributed by atoms with E-state index in [9.17, 15) is 22.8 Å². The van der Waals surface area contributed by atoms with Crippen molar-refractivity contribution in [2.24, 2.45) is 5.73 Å². The molecule has 1 amide bonds. The lowest BCUT2D eigenvalue weighted by Crippen LogP contribution is -2.55. The average Bonchev–Trinajstić information content (AvgIpc) is 1.82. The Morgan fingerprint density at radius 1 is 1.31 bits per heavy atom. The second-order valence-electron chi connectivity index (χ2n) is 2.49. The van der Waals surface area contributed by atoms with E-state index in [4.69, 9.17) is 0 Å². The van der Waals surface area contributed by atoms with E-state index < -0.39 is 23.7 Å². The Hall–Kier alpha value is -1.27. The number of hydrogen-bond donors (Lipinski definition) is 1. The first-order valence-electron chi connectivity index (χ1n) is 3.17. The number of hydrogen-bond acceptors (Lipinski definition) is 3. The van der Waals surface area contributed by atoms with Crippen LogP contribution in [0, 0.1) is 0 Å². The van der Waals surface area contributed by atoms with E-state index in [1.165, 1.54) is 0 Å². The van der Waals surface area contributed by atoms with Crippen molar-refractivity contribution in [1.82, 2.24) is 0 Å². The van der Waals surface area contributed by atoms with Gasteiger partial charge in [0.2, 0.25) is 0 Å². The molecule has 76 valence electrons. The van der Waals surface area contributed by atoms with Crippen LogP contribution in [0.5, 0.6) is 0 Å². The fraction of sp³-hybridized carbons (Fsp3) is 0.667. The highest BCUT2D eigenvalue weighted by Crippen LogP contribution is 2.33. The number of primary amides is 1. The summed E-state index contributed by atoms with van der Waals surface area (Å²) in [6, 6.07) is 0. The summed E-state index contributed by atoms with van der Waals surface area (Å²) >= 11 is 0. The fourth-order valence-electron chi connectivity index (χ4n) is 0.535. The summed E-state index contributed by atoms with van der Waals surface area (Å²) in [6.45, 7) is 1.16. The third-order valence-electron chi connectivity index (χ3n) is 1.36. The summed E-state index contributed by atoms with van der Waals surface area (Å²) in [4.78, 5) is 20.7. The van der Waals surface area contributed by atoms with Crippen molar-refractivity contribution in [3.63, 3.8) is 0 Å². The number of ether oxygens (including phenoxy) is 1. The first-order chi connectivity index (χ1) is 5.61. The molecule has 0 aromatic heterocycles. The molecule has 0 radical (unpaired) electrons. The highest BCUT2D eigenvalue weighted by Gasteiger charge is 2.59. The summed E-state index contributed by atoms with van der Waals surface area (Å²) in [5.74, 6) is -2.98. The van der Waals surface area contributed by atoms with Gasteiger partial charge in [0.25, 0.3) is 11.5 Å². The van der Waals surface area contributed by atoms with Gasteiger partial charge in [-0.25, -0.2) is 0 Å². The predicted molar refractivity (Wildman–Crippen MR) is 35.4 cm³/mol. The number of amides is 1. The normalized spacial score (nSPS) is 16.1. The average molecular weight is 199 g/mol. The van der Waals surface area contributed by atoms with Gasteiger partial charge in [-0.2, -0.15) is 13.2 Å². The minimum atomic E-state index is -5.01. The number of carbonyl (C=O) groups excluding carboxylic acids is 2. The second kappa shape index (κ2) is 3.23. The van der Waals surface area contributed by atoms with Crippen LogP contribution in [0.1, 0.15) is 13.8 Å². The molecule has 0 aliphatic rings. The van der Waals surface area contributed by atoms with Crippen LogP contribution in [0.25, 0.3) is 0 Å². The van der Waals surface area contributed by atoms with Crippen LogP contribution in [0.4, 0.5) is 13.2 Å². The Balaban J connectivity index is 4.96. The molecule has 0 saturated carbocycles. The van der Waals surface area contributed by atoms with Crippen LogP contribution < -0.4 is 5.73 Å². The fourth-order valence-corrected chi connectivity index (χ4v) is 0.535. The van der Waals surface area contributed by atoms with Gasteiger partial charge in [0, 0.05) is 6.92 Å². The van der Waals surface area contributed by atoms with Crippen molar-refractivity contribution in [1.29, 1.82) is 0 Å². The Kier molecular flexibility index (Phi) is 2.92. The lowest BCUT2D eigenvalue weighted by atomic mass is 10.1. The molecule has 1 unspecified atom stereocenters. The molecule has 0 aliphatic heterocycles. The third kappa shape index (κ3) is 2.33. The Bertz CT molecular complexity index is 238. The molecule has 0 saturated heterocycles. The Labute approximate surface area is 71.8 Å². The SMILES string of the molecule is CC(=O)OC(C)(C(N)=O)C(F)(F)F. The molecule has 0 heterocycles. The molecule has 0 aromatic carbocycles. The van der Waals surface area contributed by atoms with E-state index in [2.05, 4.69) is 10.5 Å². The molecule has 0 bridgehead atoms. The summed E-state index contributed by atoms with van der Waals surface area (Å²) in [5, 5.41) is 0. The van der Waals surface area contributed by atoms with Gasteiger partial charge in [0.15, 0.2) is 0 Å². The van der Waals surface area contributed by atoms with Gasteiger partial charge in [0.05, 0.1) is 0 Å². The smallest absolute Gasteiger partial charge is 0.437 e. The quantitative estimate of drug-likeness (QED) is 0.652. The highest BCUT2D eigenvalue weighted by molar-refractivity contribution is 5.86. The molecule has 0 rings (SSSR count). The Morgan fingerprint density at radius 3 is 1.77 bits per heavy atom. The molecular formula is C6H8F3NO3. The minimum absolute atomic E-state index is 0.400. The number of alkyl halides is 3. The first-order valence-corrected chi connectivity index (χ1v) is 3.17. The van der Waals surface area contributed by atoms with Crippen LogP contribution in [-0.4, -0.2) is 23.7 Å². The lowest BCUT2D eigenvalue weighted by Gasteiger charge is -2.27. The van der Waals surface area contributed by atoms with Crippen molar-refractivity contribution >= 4 is 11.9 Å². The molecule has 13 heavy (non-hydrogen) atoms. The van der Waals surface area contributed by atoms with Crippen molar-refractivity contribution in [2.75, 3.05) is 0 Å². The number of carbonyl (C=O) groups is 2.